The number of nitrogens with zero attached hydrogens (tertiary/aromatic N) is 4. The third kappa shape index (κ3) is 4.70. The van der Waals surface area contributed by atoms with E-state index in [-0.39, 0.29) is 28.3 Å². The van der Waals surface area contributed by atoms with Crippen molar-refractivity contribution in [2.75, 3.05) is 18.4 Å². The molecular formula is C22H21N5O3S2. The van der Waals surface area contributed by atoms with Crippen molar-refractivity contribution in [2.24, 2.45) is 0 Å². The van der Waals surface area contributed by atoms with E-state index in [2.05, 4.69) is 15.5 Å². The predicted octanol–water partition coefficient (Wildman–Crippen LogP) is 3.54. The number of benzene rings is 2. The maximum absolute atomic E-state index is 13.1. The van der Waals surface area contributed by atoms with E-state index < -0.39 is 10.0 Å². The number of hydrogen-bond acceptors (Lipinski definition) is 7. The lowest BCUT2D eigenvalue weighted by atomic mass is 10.0. The monoisotopic (exact) mass is 467 g/mol. The van der Waals surface area contributed by atoms with E-state index in [1.54, 1.807) is 12.1 Å². The Balaban J connectivity index is 1.48. The fourth-order valence-electron chi connectivity index (χ4n) is 3.55. The van der Waals surface area contributed by atoms with Crippen LogP contribution in [0.5, 0.6) is 0 Å². The summed E-state index contributed by atoms with van der Waals surface area (Å²) in [4.78, 5) is 12.6. The Morgan fingerprint density at radius 2 is 2.00 bits per heavy atom. The van der Waals surface area contributed by atoms with Crippen LogP contribution in [0.25, 0.3) is 0 Å². The number of carbonyl (C=O) groups is 1. The highest BCUT2D eigenvalue weighted by Crippen LogP contribution is 2.32. The molecule has 1 N–H and O–H groups in total. The van der Waals surface area contributed by atoms with Gasteiger partial charge in [0.15, 0.2) is 0 Å². The number of hydrogen-bond donors (Lipinski definition) is 1. The molecule has 3 aromatic rings. The number of aromatic nitrogens is 2. The Bertz CT molecular complexity index is 1280. The molecule has 8 nitrogen and oxygen atoms in total. The minimum Gasteiger partial charge on any atom is -0.320 e. The molecule has 0 bridgehead atoms. The molecule has 0 spiro atoms. The predicted molar refractivity (Wildman–Crippen MR) is 121 cm³/mol. The van der Waals surface area contributed by atoms with Crippen molar-refractivity contribution in [3.05, 3.63) is 69.7 Å². The average Bonchev–Trinajstić information content (AvgIpc) is 3.31. The van der Waals surface area contributed by atoms with Gasteiger partial charge in [-0.05, 0) is 50.1 Å². The molecule has 2 aromatic carbocycles. The molecule has 0 aliphatic carbocycles. The smallest absolute Gasteiger partial charge is 0.286 e. The van der Waals surface area contributed by atoms with Crippen molar-refractivity contribution in [3.63, 3.8) is 0 Å². The largest absolute Gasteiger partial charge is 0.320 e. The van der Waals surface area contributed by atoms with Crippen LogP contribution in [0.15, 0.2) is 53.4 Å². The van der Waals surface area contributed by atoms with Crippen LogP contribution in [0.1, 0.15) is 44.7 Å². The number of nitrogens with one attached hydrogen (secondary N) is 1. The third-order valence-electron chi connectivity index (χ3n) is 5.28. The normalized spacial score (nSPS) is 16.9. The number of aryl methyl sites for hydroxylation is 1. The number of amides is 1. The maximum Gasteiger partial charge on any atom is 0.286 e. The molecule has 0 radical (unpaired) electrons. The number of piperidine rings is 1. The zero-order chi connectivity index (χ0) is 22.7. The summed E-state index contributed by atoms with van der Waals surface area (Å²) in [5.41, 5.74) is 2.07. The minimum atomic E-state index is -3.73. The summed E-state index contributed by atoms with van der Waals surface area (Å²) in [6, 6.07) is 15.4. The van der Waals surface area contributed by atoms with E-state index in [0.29, 0.717) is 29.2 Å². The third-order valence-corrected chi connectivity index (χ3v) is 8.22. The van der Waals surface area contributed by atoms with Crippen LogP contribution < -0.4 is 5.32 Å². The van der Waals surface area contributed by atoms with E-state index in [9.17, 15) is 13.2 Å². The van der Waals surface area contributed by atoms with Crippen molar-refractivity contribution in [1.82, 2.24) is 14.5 Å². The van der Waals surface area contributed by atoms with Crippen molar-refractivity contribution in [3.8, 4) is 6.07 Å². The van der Waals surface area contributed by atoms with E-state index >= 15 is 0 Å². The fourth-order valence-corrected chi connectivity index (χ4v) is 5.98. The van der Waals surface area contributed by atoms with E-state index in [1.165, 1.54) is 27.8 Å². The van der Waals surface area contributed by atoms with Crippen molar-refractivity contribution in [2.45, 2.75) is 30.6 Å². The fraction of sp³-hybridized carbons (Fsp3) is 0.273. The van der Waals surface area contributed by atoms with Crippen molar-refractivity contribution in [1.29, 1.82) is 5.26 Å². The van der Waals surface area contributed by atoms with Gasteiger partial charge in [0, 0.05) is 24.7 Å². The molecule has 1 aliphatic rings. The van der Waals surface area contributed by atoms with Gasteiger partial charge >= 0.3 is 0 Å². The van der Waals surface area contributed by atoms with E-state index in [1.807, 2.05) is 37.3 Å². The summed E-state index contributed by atoms with van der Waals surface area (Å²) in [7, 11) is -3.73. The van der Waals surface area contributed by atoms with Gasteiger partial charge in [0.2, 0.25) is 15.0 Å². The van der Waals surface area contributed by atoms with Gasteiger partial charge in [0.1, 0.15) is 5.01 Å². The van der Waals surface area contributed by atoms with Gasteiger partial charge in [-0.2, -0.15) is 9.57 Å². The Morgan fingerprint density at radius 1 is 1.22 bits per heavy atom. The first-order valence-electron chi connectivity index (χ1n) is 10.1. The number of anilines is 1. The van der Waals surface area contributed by atoms with Crippen molar-refractivity contribution < 1.29 is 13.2 Å². The highest BCUT2D eigenvalue weighted by molar-refractivity contribution is 7.89. The topological polar surface area (TPSA) is 116 Å². The first kappa shape index (κ1) is 22.1. The molecule has 2 heterocycles. The average molecular weight is 468 g/mol. The lowest BCUT2D eigenvalue weighted by molar-refractivity contribution is 0.102. The Kier molecular flexibility index (Phi) is 6.32. The molecule has 0 unspecified atom stereocenters. The second-order valence-electron chi connectivity index (χ2n) is 7.61. The molecule has 1 aliphatic heterocycles. The lowest BCUT2D eigenvalue weighted by Gasteiger charge is -2.30. The molecule has 10 heteroatoms. The summed E-state index contributed by atoms with van der Waals surface area (Å²) in [5.74, 6) is -0.484. The number of rotatable bonds is 5. The lowest BCUT2D eigenvalue weighted by Crippen LogP contribution is -2.39. The highest BCUT2D eigenvalue weighted by atomic mass is 32.2. The summed E-state index contributed by atoms with van der Waals surface area (Å²) in [5, 5.41) is 21.0. The molecule has 1 aromatic heterocycles. The minimum absolute atomic E-state index is 0.104. The van der Waals surface area contributed by atoms with Gasteiger partial charge in [-0.3, -0.25) is 4.79 Å². The molecular weight excluding hydrogens is 446 g/mol. The maximum atomic E-state index is 13.1. The zero-order valence-corrected chi connectivity index (χ0v) is 19.0. The molecule has 1 saturated heterocycles. The molecule has 32 heavy (non-hydrogen) atoms. The molecule has 1 amide bonds. The zero-order valence-electron chi connectivity index (χ0n) is 17.4. The SMILES string of the molecule is Cc1ccc(NC(=O)c2nnc([C@H]3CCCN(S(=O)(=O)c4cccc(C#N)c4)C3)s2)cc1. The summed E-state index contributed by atoms with van der Waals surface area (Å²) in [6.07, 6.45) is 1.44. The highest BCUT2D eigenvalue weighted by Gasteiger charge is 2.33. The first-order chi connectivity index (χ1) is 15.4. The Hall–Kier alpha value is -3.13. The van der Waals surface area contributed by atoms with E-state index in [4.69, 9.17) is 5.26 Å². The quantitative estimate of drug-likeness (QED) is 0.614. The summed E-state index contributed by atoms with van der Waals surface area (Å²) < 4.78 is 27.6. The standard InChI is InChI=1S/C22H21N5O3S2/c1-15-7-9-18(10-8-15)24-20(28)22-26-25-21(31-22)17-5-3-11-27(14-17)32(29,30)19-6-2-4-16(12-19)13-23/h2,4,6-10,12,17H,3,5,11,14H2,1H3,(H,24,28)/t17-/m0/s1. The summed E-state index contributed by atoms with van der Waals surface area (Å²) >= 11 is 1.19. The Morgan fingerprint density at radius 3 is 2.75 bits per heavy atom. The van der Waals surface area contributed by atoms with Crippen LogP contribution in [0.4, 0.5) is 5.69 Å². The summed E-state index contributed by atoms with van der Waals surface area (Å²) in [6.45, 7) is 2.62. The van der Waals surface area contributed by atoms with Crippen LogP contribution >= 0.6 is 11.3 Å². The Labute approximate surface area is 190 Å². The number of carbonyl (C=O) groups excluding carboxylic acids is 1. The van der Waals surface area contributed by atoms with Crippen LogP contribution in [-0.4, -0.2) is 41.9 Å². The molecule has 164 valence electrons. The second kappa shape index (κ2) is 9.16. The van der Waals surface area contributed by atoms with Crippen LogP contribution in [0, 0.1) is 18.3 Å². The van der Waals surface area contributed by atoms with Gasteiger partial charge in [-0.15, -0.1) is 10.2 Å². The molecule has 1 atom stereocenters. The van der Waals surface area contributed by atoms with Gasteiger partial charge in [-0.1, -0.05) is 35.1 Å². The van der Waals surface area contributed by atoms with Gasteiger partial charge < -0.3 is 5.32 Å². The number of nitriles is 1. The van der Waals surface area contributed by atoms with Gasteiger partial charge in [0.05, 0.1) is 16.5 Å². The van der Waals surface area contributed by atoms with Gasteiger partial charge in [0.25, 0.3) is 5.91 Å². The molecule has 4 rings (SSSR count). The molecule has 1 fully saturated rings. The second-order valence-corrected chi connectivity index (χ2v) is 10.6. The van der Waals surface area contributed by atoms with Crippen LogP contribution in [0.2, 0.25) is 0 Å². The number of sulfonamides is 1. The van der Waals surface area contributed by atoms with Crippen LogP contribution in [-0.2, 0) is 10.0 Å². The van der Waals surface area contributed by atoms with Crippen molar-refractivity contribution >= 4 is 33.0 Å². The molecule has 0 saturated carbocycles. The van der Waals surface area contributed by atoms with Gasteiger partial charge in [-0.25, -0.2) is 8.42 Å². The van der Waals surface area contributed by atoms with Crippen LogP contribution in [0.3, 0.4) is 0 Å². The van der Waals surface area contributed by atoms with E-state index in [0.717, 1.165) is 12.0 Å². The first-order valence-corrected chi connectivity index (χ1v) is 12.3.